The van der Waals surface area contributed by atoms with Crippen LogP contribution in [0.5, 0.6) is 0 Å². The molecule has 2 unspecified atom stereocenters. The highest BCUT2D eigenvalue weighted by Crippen LogP contribution is 2.78. The fourth-order valence-electron chi connectivity index (χ4n) is 12.5. The number of ketones is 1. The molecule has 1 saturated heterocycles. The van der Waals surface area contributed by atoms with Gasteiger partial charge in [-0.15, -0.1) is 0 Å². The number of aliphatic hydroxyl groups is 3. The van der Waals surface area contributed by atoms with Gasteiger partial charge in [-0.05, 0) is 115 Å². The van der Waals surface area contributed by atoms with Gasteiger partial charge in [0.15, 0.2) is 11.4 Å². The number of ether oxygens (including phenoxy) is 6. The van der Waals surface area contributed by atoms with E-state index in [0.717, 1.165) is 39.0 Å². The predicted octanol–water partition coefficient (Wildman–Crippen LogP) is 9.65. The van der Waals surface area contributed by atoms with E-state index in [0.29, 0.717) is 12.0 Å². The van der Waals surface area contributed by atoms with Crippen molar-refractivity contribution in [2.24, 2.45) is 16.7 Å². The summed E-state index contributed by atoms with van der Waals surface area (Å²) in [6.07, 6.45) is 20.2. The van der Waals surface area contributed by atoms with E-state index in [1.54, 1.807) is 69.3 Å². The van der Waals surface area contributed by atoms with Crippen LogP contribution >= 0.6 is 0 Å². The van der Waals surface area contributed by atoms with Crippen LogP contribution in [-0.4, -0.2) is 111 Å². The van der Waals surface area contributed by atoms with Crippen LogP contribution in [0.2, 0.25) is 0 Å². The van der Waals surface area contributed by atoms with Gasteiger partial charge >= 0.3 is 30.0 Å². The predicted molar refractivity (Wildman–Crippen MR) is 298 cm³/mol. The number of rotatable bonds is 23. The summed E-state index contributed by atoms with van der Waals surface area (Å²) in [6, 6.07) is 14.8. The molecular formula is C64H79NO15. The minimum atomic E-state index is -2.33. The molecule has 2 aromatic rings. The van der Waals surface area contributed by atoms with Crippen LogP contribution in [0.4, 0.5) is 4.79 Å². The maximum Gasteiger partial charge on any atom is 0.408 e. The summed E-state index contributed by atoms with van der Waals surface area (Å²) >= 11 is 0. The molecular weight excluding hydrogens is 1020 g/mol. The highest BCUT2D eigenvalue weighted by atomic mass is 16.6. The summed E-state index contributed by atoms with van der Waals surface area (Å²) in [4.78, 5) is 85.4. The average Bonchev–Trinajstić information content (AvgIpc) is 0.871. The number of carbonyl (C=O) groups excluding carboxylic acids is 6. The first-order valence-electron chi connectivity index (χ1n) is 27.8. The van der Waals surface area contributed by atoms with Crippen LogP contribution in [0.15, 0.2) is 145 Å². The highest BCUT2D eigenvalue weighted by Gasteiger charge is 2.89. The zero-order valence-electron chi connectivity index (χ0n) is 47.3. The summed E-state index contributed by atoms with van der Waals surface area (Å²) in [7, 11) is 0. The Labute approximate surface area is 469 Å². The molecule has 430 valence electrons. The lowest BCUT2D eigenvalue weighted by Gasteiger charge is -2.78. The molecule has 2 aromatic carbocycles. The van der Waals surface area contributed by atoms with E-state index in [2.05, 4.69) is 66.9 Å². The standard InChI is InChI=1S/C64H79NO15/c1-9-10-11-12-13-14-15-16-17-18-19-20-21-22-23-24-25-26-33-38-48(68)76-52(50(44-34-29-27-30-35-44)65-58(73)80-59(4,5)6)57(72)79-64-40-63(74)55(77-56(71)45-36-31-28-32-37-45)53-60(7,54(70)51(69)49(42(64)2)61(63,64)8)46(67)39-47-62(53,41-75-47)78-43(3)66/h10-11,13-14,16-17,19-20,22-23,25-32,34-37,46-47,50-53,55,67,69,74H,9,12,15,18,21,24,33,38-41H2,1-8H3,(H,65,73)/b11-10-,14-13-,17-16-,20-19-,23-22-,26-25-/t46-,47+,50?,51+,52+,53-,55-,60+,61+,62-,63+,64?/m0/s1. The number of amides is 1. The van der Waals surface area contributed by atoms with Crippen molar-refractivity contribution in [2.45, 2.75) is 179 Å². The zero-order chi connectivity index (χ0) is 58.1. The molecule has 3 saturated carbocycles. The van der Waals surface area contributed by atoms with Gasteiger partial charge in [-0.25, -0.2) is 14.4 Å². The summed E-state index contributed by atoms with van der Waals surface area (Å²) in [5, 5.41) is 40.7. The summed E-state index contributed by atoms with van der Waals surface area (Å²) in [5.74, 6) is -6.13. The molecule has 12 atom stereocenters. The van der Waals surface area contributed by atoms with E-state index in [9.17, 15) is 34.5 Å². The van der Waals surface area contributed by atoms with Gasteiger partial charge in [0, 0.05) is 26.2 Å². The maximum atomic E-state index is 15.3. The molecule has 0 aromatic heterocycles. The maximum absolute atomic E-state index is 15.3. The third kappa shape index (κ3) is 12.0. The molecule has 16 nitrogen and oxygen atoms in total. The molecule has 4 aliphatic carbocycles. The fourth-order valence-corrected chi connectivity index (χ4v) is 12.5. The fraction of sp³-hybridized carbons (Fsp3) is 0.500. The molecule has 0 spiro atoms. The van der Waals surface area contributed by atoms with Crippen LogP contribution in [0.3, 0.4) is 0 Å². The summed E-state index contributed by atoms with van der Waals surface area (Å²) in [6.45, 7) is 12.4. The van der Waals surface area contributed by atoms with Gasteiger partial charge in [-0.2, -0.15) is 0 Å². The second-order valence-electron chi connectivity index (χ2n) is 22.7. The Hall–Kier alpha value is -6.72. The van der Waals surface area contributed by atoms with E-state index >= 15 is 9.59 Å². The number of benzene rings is 2. The van der Waals surface area contributed by atoms with Gasteiger partial charge in [0.05, 0.1) is 35.0 Å². The van der Waals surface area contributed by atoms with Crippen molar-refractivity contribution in [3.8, 4) is 0 Å². The third-order valence-electron chi connectivity index (χ3n) is 16.5. The largest absolute Gasteiger partial charge is 0.455 e. The molecule has 0 bridgehead atoms. The van der Waals surface area contributed by atoms with E-state index < -0.39 is 118 Å². The first-order valence-corrected chi connectivity index (χ1v) is 27.8. The molecule has 1 amide bonds. The van der Waals surface area contributed by atoms with Crippen LogP contribution < -0.4 is 5.32 Å². The second-order valence-corrected chi connectivity index (χ2v) is 22.7. The van der Waals surface area contributed by atoms with E-state index in [1.807, 2.05) is 18.2 Å². The summed E-state index contributed by atoms with van der Waals surface area (Å²) in [5.41, 5.74) is -10.4. The van der Waals surface area contributed by atoms with Gasteiger partial charge in [0.1, 0.15) is 41.2 Å². The molecule has 80 heavy (non-hydrogen) atoms. The lowest BCUT2D eigenvalue weighted by atomic mass is 9.30. The third-order valence-corrected chi connectivity index (χ3v) is 16.5. The van der Waals surface area contributed by atoms with E-state index in [4.69, 9.17) is 28.4 Å². The molecule has 1 aliphatic heterocycles. The molecule has 5 aliphatic rings. The lowest BCUT2D eigenvalue weighted by molar-refractivity contribution is -0.376. The van der Waals surface area contributed by atoms with Crippen molar-refractivity contribution in [1.82, 2.24) is 5.32 Å². The van der Waals surface area contributed by atoms with Gasteiger partial charge in [0.2, 0.25) is 6.10 Å². The smallest absolute Gasteiger partial charge is 0.408 e. The first kappa shape index (κ1) is 60.9. The van der Waals surface area contributed by atoms with Crippen molar-refractivity contribution < 1.29 is 72.5 Å². The van der Waals surface area contributed by atoms with Gasteiger partial charge < -0.3 is 49.1 Å². The van der Waals surface area contributed by atoms with Gasteiger partial charge in [-0.1, -0.05) is 128 Å². The van der Waals surface area contributed by atoms with Crippen molar-refractivity contribution in [2.75, 3.05) is 6.61 Å². The molecule has 4 fully saturated rings. The molecule has 0 radical (unpaired) electrons. The minimum absolute atomic E-state index is 0.0402. The van der Waals surface area contributed by atoms with E-state index in [1.165, 1.54) is 32.9 Å². The number of carbonyl (C=O) groups is 6. The second kappa shape index (κ2) is 25.4. The van der Waals surface area contributed by atoms with Crippen LogP contribution in [0.1, 0.15) is 142 Å². The van der Waals surface area contributed by atoms with Crippen molar-refractivity contribution in [3.63, 3.8) is 0 Å². The number of esters is 4. The molecule has 4 N–H and O–H groups in total. The Kier molecular flexibility index (Phi) is 19.3. The zero-order valence-corrected chi connectivity index (χ0v) is 47.3. The number of alkyl carbamates (subject to hydrolysis) is 1. The van der Waals surface area contributed by atoms with Crippen molar-refractivity contribution >= 4 is 35.8 Å². The minimum Gasteiger partial charge on any atom is -0.455 e. The summed E-state index contributed by atoms with van der Waals surface area (Å²) < 4.78 is 36.6. The Morgan fingerprint density at radius 2 is 1.35 bits per heavy atom. The number of allylic oxidation sites excluding steroid dienone is 12. The number of nitrogens with one attached hydrogen (secondary N) is 1. The number of hydrogen-bond acceptors (Lipinski definition) is 15. The molecule has 16 heteroatoms. The topological polar surface area (TPSA) is 231 Å². The Balaban J connectivity index is 1.15. The van der Waals surface area contributed by atoms with Crippen LogP contribution in [-0.2, 0) is 47.6 Å². The van der Waals surface area contributed by atoms with Crippen molar-refractivity contribution in [1.29, 1.82) is 0 Å². The average molecular weight is 1100 g/mol. The van der Waals surface area contributed by atoms with Gasteiger partial charge in [-0.3, -0.25) is 14.4 Å². The lowest BCUT2D eigenvalue weighted by Crippen LogP contribution is -2.90. The number of fused-ring (bicyclic) bond motifs is 3. The Bertz CT molecular complexity index is 2810. The normalized spacial score (nSPS) is 30.6. The SMILES string of the molecule is CC/C=C\C/C=C\C/C=C\C/C=C\C/C=C\C/C=C\CCC(=O)O[C@@H](C(=O)OC12C[C@@]3(O)[C@@H](OC(=O)c4ccccc4)[C@@H]4[C@]5(OC(C)=O)CO[C@@H]5C[C@H](O)[C@@]4(C)C(=O)[C@H](O)C(=C1C)[C@@]23C)C(NC(=O)OC(C)(C)C)c1ccccc1. The van der Waals surface area contributed by atoms with Crippen LogP contribution in [0.25, 0.3) is 0 Å². The molecule has 1 heterocycles. The number of hydrogen-bond donors (Lipinski definition) is 4. The Morgan fingerprint density at radius 1 is 0.800 bits per heavy atom. The van der Waals surface area contributed by atoms with E-state index in [-0.39, 0.29) is 42.6 Å². The van der Waals surface area contributed by atoms with Crippen molar-refractivity contribution in [3.05, 3.63) is 156 Å². The van der Waals surface area contributed by atoms with Gasteiger partial charge in [0.25, 0.3) is 0 Å². The Morgan fingerprint density at radius 3 is 1.88 bits per heavy atom. The number of aliphatic hydroxyl groups excluding tert-OH is 2. The molecule has 7 rings (SSSR count). The van der Waals surface area contributed by atoms with Crippen LogP contribution in [0, 0.1) is 16.7 Å². The highest BCUT2D eigenvalue weighted by molar-refractivity contribution is 5.95. The monoisotopic (exact) mass is 1100 g/mol. The number of Topliss-reactive ketones (excluding diaryl/α,β-unsaturated/α-hetero) is 1. The quantitative estimate of drug-likeness (QED) is 0.0461. The first-order chi connectivity index (χ1) is 38.0.